The first-order valence-electron chi connectivity index (χ1n) is 6.52. The second kappa shape index (κ2) is 4.90. The maximum absolute atomic E-state index is 12.2. The van der Waals surface area contributed by atoms with Gasteiger partial charge in [0.1, 0.15) is 0 Å². The van der Waals surface area contributed by atoms with Gasteiger partial charge in [-0.05, 0) is 37.6 Å². The Morgan fingerprint density at radius 2 is 2.32 bits per heavy atom. The van der Waals surface area contributed by atoms with Crippen LogP contribution in [0.3, 0.4) is 0 Å². The zero-order valence-electron chi connectivity index (χ0n) is 11.1. The van der Waals surface area contributed by atoms with Gasteiger partial charge >= 0.3 is 0 Å². The molecule has 5 heteroatoms. The van der Waals surface area contributed by atoms with Crippen molar-refractivity contribution in [3.05, 3.63) is 23.2 Å². The summed E-state index contributed by atoms with van der Waals surface area (Å²) in [5.41, 5.74) is 1.86. The molecule has 0 aliphatic carbocycles. The Morgan fingerprint density at radius 3 is 3.05 bits per heavy atom. The number of rotatable bonds is 2. The van der Waals surface area contributed by atoms with Crippen molar-refractivity contribution in [2.24, 2.45) is 11.8 Å². The zero-order chi connectivity index (χ0) is 13.4. The van der Waals surface area contributed by atoms with Crippen LogP contribution >= 0.6 is 11.3 Å². The molecular weight excluding hydrogens is 258 g/mol. The smallest absolute Gasteiger partial charge is 0.229 e. The summed E-state index contributed by atoms with van der Waals surface area (Å²) >= 11 is 1.65. The lowest BCUT2D eigenvalue weighted by Gasteiger charge is -2.14. The van der Waals surface area contributed by atoms with Crippen LogP contribution in [-0.4, -0.2) is 24.0 Å². The molecule has 2 atom stereocenters. The highest BCUT2D eigenvalue weighted by Gasteiger charge is 2.29. The normalized spacial score (nSPS) is 22.8. The molecule has 2 unspecified atom stereocenters. The molecule has 1 aromatic heterocycles. The highest BCUT2D eigenvalue weighted by molar-refractivity contribution is 7.18. The Bertz CT molecular complexity index is 622. The molecule has 2 N–H and O–H groups in total. The maximum atomic E-state index is 12.2. The molecule has 1 aliphatic heterocycles. The SMILES string of the molecule is Cc1nc2ccc(NC(=O)C3CNCC3C)cc2s1. The first-order valence-corrected chi connectivity index (χ1v) is 7.34. The van der Waals surface area contributed by atoms with E-state index in [4.69, 9.17) is 0 Å². The summed E-state index contributed by atoms with van der Waals surface area (Å²) in [7, 11) is 0. The molecule has 0 saturated carbocycles. The predicted octanol–water partition coefficient (Wildman–Crippen LogP) is 2.40. The number of carbonyl (C=O) groups is 1. The van der Waals surface area contributed by atoms with Crippen LogP contribution in [0.2, 0.25) is 0 Å². The Labute approximate surface area is 116 Å². The van der Waals surface area contributed by atoms with Crippen LogP contribution in [0.5, 0.6) is 0 Å². The van der Waals surface area contributed by atoms with Crippen LogP contribution in [0.4, 0.5) is 5.69 Å². The van der Waals surface area contributed by atoms with Crippen molar-refractivity contribution < 1.29 is 4.79 Å². The topological polar surface area (TPSA) is 54.0 Å². The van der Waals surface area contributed by atoms with Crippen molar-refractivity contribution in [3.63, 3.8) is 0 Å². The number of hydrogen-bond donors (Lipinski definition) is 2. The second-order valence-electron chi connectivity index (χ2n) is 5.15. The Hall–Kier alpha value is -1.46. The third-order valence-corrected chi connectivity index (χ3v) is 4.55. The molecule has 100 valence electrons. The van der Waals surface area contributed by atoms with Gasteiger partial charge in [0.15, 0.2) is 0 Å². The molecule has 3 rings (SSSR count). The summed E-state index contributed by atoms with van der Waals surface area (Å²) in [6.07, 6.45) is 0. The molecule has 1 saturated heterocycles. The number of nitrogens with one attached hydrogen (secondary N) is 2. The van der Waals surface area contributed by atoms with Crippen molar-refractivity contribution in [2.75, 3.05) is 18.4 Å². The van der Waals surface area contributed by atoms with E-state index in [1.54, 1.807) is 11.3 Å². The van der Waals surface area contributed by atoms with E-state index in [1.807, 2.05) is 25.1 Å². The van der Waals surface area contributed by atoms with Gasteiger partial charge in [-0.1, -0.05) is 6.92 Å². The minimum Gasteiger partial charge on any atom is -0.326 e. The van der Waals surface area contributed by atoms with Crippen LogP contribution < -0.4 is 10.6 Å². The van der Waals surface area contributed by atoms with E-state index in [0.717, 1.165) is 34.0 Å². The lowest BCUT2D eigenvalue weighted by Crippen LogP contribution is -2.27. The van der Waals surface area contributed by atoms with Gasteiger partial charge in [0.25, 0.3) is 0 Å². The highest BCUT2D eigenvalue weighted by Crippen LogP contribution is 2.25. The molecule has 0 spiro atoms. The molecule has 2 aromatic rings. The average molecular weight is 275 g/mol. The lowest BCUT2D eigenvalue weighted by atomic mass is 9.97. The van der Waals surface area contributed by atoms with E-state index in [1.165, 1.54) is 0 Å². The van der Waals surface area contributed by atoms with Crippen LogP contribution in [0.25, 0.3) is 10.2 Å². The third-order valence-electron chi connectivity index (χ3n) is 3.62. The number of benzene rings is 1. The van der Waals surface area contributed by atoms with E-state index in [2.05, 4.69) is 22.5 Å². The van der Waals surface area contributed by atoms with Crippen molar-refractivity contribution in [1.82, 2.24) is 10.3 Å². The standard InChI is InChI=1S/C14H17N3OS/c1-8-6-15-7-11(8)14(18)17-10-3-4-12-13(5-10)19-9(2)16-12/h3-5,8,11,15H,6-7H2,1-2H3,(H,17,18). The van der Waals surface area contributed by atoms with Gasteiger partial charge in [0.2, 0.25) is 5.91 Å². The molecule has 1 amide bonds. The minimum absolute atomic E-state index is 0.0684. The Balaban J connectivity index is 1.79. The number of anilines is 1. The van der Waals surface area contributed by atoms with E-state index in [0.29, 0.717) is 5.92 Å². The molecule has 1 aliphatic rings. The van der Waals surface area contributed by atoms with Gasteiger partial charge in [-0.3, -0.25) is 4.79 Å². The number of carbonyl (C=O) groups excluding carboxylic acids is 1. The highest BCUT2D eigenvalue weighted by atomic mass is 32.1. The lowest BCUT2D eigenvalue weighted by molar-refractivity contribution is -0.120. The number of thiazole rings is 1. The van der Waals surface area contributed by atoms with Gasteiger partial charge in [-0.15, -0.1) is 11.3 Å². The maximum Gasteiger partial charge on any atom is 0.229 e. The first kappa shape index (κ1) is 12.6. The number of fused-ring (bicyclic) bond motifs is 1. The summed E-state index contributed by atoms with van der Waals surface area (Å²) in [5, 5.41) is 7.32. The number of amides is 1. The van der Waals surface area contributed by atoms with Gasteiger partial charge in [-0.25, -0.2) is 4.98 Å². The molecule has 19 heavy (non-hydrogen) atoms. The fourth-order valence-electron chi connectivity index (χ4n) is 2.51. The van der Waals surface area contributed by atoms with Gasteiger partial charge in [0, 0.05) is 12.2 Å². The Morgan fingerprint density at radius 1 is 1.47 bits per heavy atom. The molecule has 1 aromatic carbocycles. The van der Waals surface area contributed by atoms with Crippen molar-refractivity contribution in [3.8, 4) is 0 Å². The quantitative estimate of drug-likeness (QED) is 0.885. The third kappa shape index (κ3) is 2.48. The summed E-state index contributed by atoms with van der Waals surface area (Å²) in [4.78, 5) is 16.6. The number of aryl methyl sites for hydroxylation is 1. The van der Waals surface area contributed by atoms with Gasteiger partial charge in [-0.2, -0.15) is 0 Å². The number of aromatic nitrogens is 1. The second-order valence-corrected chi connectivity index (χ2v) is 6.38. The van der Waals surface area contributed by atoms with Crippen LogP contribution in [0, 0.1) is 18.8 Å². The van der Waals surface area contributed by atoms with E-state index >= 15 is 0 Å². The Kier molecular flexibility index (Phi) is 3.24. The summed E-state index contributed by atoms with van der Waals surface area (Å²) < 4.78 is 1.12. The van der Waals surface area contributed by atoms with Crippen LogP contribution in [-0.2, 0) is 4.79 Å². The number of nitrogens with zero attached hydrogens (tertiary/aromatic N) is 1. The van der Waals surface area contributed by atoms with Crippen molar-refractivity contribution >= 4 is 33.1 Å². The molecule has 0 radical (unpaired) electrons. The predicted molar refractivity (Wildman–Crippen MR) is 78.5 cm³/mol. The fourth-order valence-corrected chi connectivity index (χ4v) is 3.38. The van der Waals surface area contributed by atoms with Gasteiger partial charge in [0.05, 0.1) is 21.1 Å². The van der Waals surface area contributed by atoms with Crippen LogP contribution in [0.1, 0.15) is 11.9 Å². The minimum atomic E-state index is 0.0684. The van der Waals surface area contributed by atoms with Gasteiger partial charge < -0.3 is 10.6 Å². The summed E-state index contributed by atoms with van der Waals surface area (Å²) in [6.45, 7) is 5.80. The fraction of sp³-hybridized carbons (Fsp3) is 0.429. The molecule has 2 heterocycles. The molecular formula is C14H17N3OS. The molecule has 1 fully saturated rings. The van der Waals surface area contributed by atoms with Crippen molar-refractivity contribution in [1.29, 1.82) is 0 Å². The zero-order valence-corrected chi connectivity index (χ0v) is 11.9. The van der Waals surface area contributed by atoms with E-state index < -0.39 is 0 Å². The average Bonchev–Trinajstić information content (AvgIpc) is 2.93. The molecule has 0 bridgehead atoms. The molecule has 4 nitrogen and oxygen atoms in total. The summed E-state index contributed by atoms with van der Waals surface area (Å²) in [6, 6.07) is 5.89. The summed E-state index contributed by atoms with van der Waals surface area (Å²) in [5.74, 6) is 0.575. The van der Waals surface area contributed by atoms with Crippen molar-refractivity contribution in [2.45, 2.75) is 13.8 Å². The largest absolute Gasteiger partial charge is 0.326 e. The van der Waals surface area contributed by atoms with Crippen LogP contribution in [0.15, 0.2) is 18.2 Å². The van der Waals surface area contributed by atoms with E-state index in [-0.39, 0.29) is 11.8 Å². The monoisotopic (exact) mass is 275 g/mol. The first-order chi connectivity index (χ1) is 9.13. The van der Waals surface area contributed by atoms with E-state index in [9.17, 15) is 4.79 Å². The number of hydrogen-bond acceptors (Lipinski definition) is 4.